The molecule has 0 unspecified atom stereocenters. The number of para-hydroxylation sites is 2. The van der Waals surface area contributed by atoms with Crippen LogP contribution in [0.4, 0.5) is 14.7 Å². The van der Waals surface area contributed by atoms with Crippen LogP contribution in [0.1, 0.15) is 6.42 Å². The Morgan fingerprint density at radius 2 is 2.21 bits per heavy atom. The number of nitrogens with zero attached hydrogens (tertiary/aromatic N) is 1. The molecule has 0 atom stereocenters. The molecule has 2 aromatic rings. The quantitative estimate of drug-likeness (QED) is 0.790. The van der Waals surface area contributed by atoms with Crippen LogP contribution in [-0.2, 0) is 9.53 Å². The van der Waals surface area contributed by atoms with Crippen molar-refractivity contribution in [1.29, 1.82) is 0 Å². The number of benzene rings is 1. The fourth-order valence-electron chi connectivity index (χ4n) is 1.54. The van der Waals surface area contributed by atoms with Gasteiger partial charge < -0.3 is 9.72 Å². The van der Waals surface area contributed by atoms with Gasteiger partial charge in [-0.25, -0.2) is 13.8 Å². The number of anilines is 1. The third kappa shape index (κ3) is 3.99. The van der Waals surface area contributed by atoms with Crippen LogP contribution in [0.2, 0.25) is 0 Å². The summed E-state index contributed by atoms with van der Waals surface area (Å²) in [5.74, 6) is -0.00613. The molecular formula is C12H13F2N3O2. The maximum Gasteiger partial charge on any atom is 0.261 e. The Balaban J connectivity index is 1.81. The predicted molar refractivity (Wildman–Crippen MR) is 66.2 cm³/mol. The number of carbonyl (C=O) groups is 1. The summed E-state index contributed by atoms with van der Waals surface area (Å²) in [6.45, 7) is -0.700. The first-order chi connectivity index (χ1) is 9.15. The Labute approximate surface area is 108 Å². The molecule has 1 amide bonds. The molecule has 0 radical (unpaired) electrons. The number of hydrogen-bond acceptors (Lipinski definition) is 3. The highest BCUT2D eigenvalue weighted by molar-refractivity contribution is 5.91. The number of alkyl halides is 2. The average molecular weight is 269 g/mol. The molecule has 19 heavy (non-hydrogen) atoms. The largest absolute Gasteiger partial charge is 0.375 e. The van der Waals surface area contributed by atoms with E-state index in [1.165, 1.54) is 0 Å². The average Bonchev–Trinajstić information content (AvgIpc) is 2.76. The van der Waals surface area contributed by atoms with E-state index >= 15 is 0 Å². The van der Waals surface area contributed by atoms with Crippen LogP contribution in [0.25, 0.3) is 11.0 Å². The number of fused-ring (bicyclic) bond motifs is 1. The highest BCUT2D eigenvalue weighted by Gasteiger charge is 2.07. The number of carbonyl (C=O) groups excluding carboxylic acids is 1. The molecule has 0 aliphatic rings. The lowest BCUT2D eigenvalue weighted by molar-refractivity contribution is -0.117. The lowest BCUT2D eigenvalue weighted by Crippen LogP contribution is -2.16. The molecule has 0 saturated heterocycles. The predicted octanol–water partition coefficient (Wildman–Crippen LogP) is 2.17. The molecule has 0 saturated carbocycles. The smallest absolute Gasteiger partial charge is 0.261 e. The minimum absolute atomic E-state index is 0.00374. The van der Waals surface area contributed by atoms with Gasteiger partial charge in [-0.3, -0.25) is 10.1 Å². The summed E-state index contributed by atoms with van der Waals surface area (Å²) in [6.07, 6.45) is -2.51. The molecule has 0 bridgehead atoms. The molecule has 1 aromatic heterocycles. The van der Waals surface area contributed by atoms with Crippen molar-refractivity contribution in [1.82, 2.24) is 9.97 Å². The van der Waals surface area contributed by atoms with E-state index in [4.69, 9.17) is 0 Å². The normalized spacial score (nSPS) is 11.1. The molecule has 102 valence electrons. The zero-order valence-electron chi connectivity index (χ0n) is 10.0. The van der Waals surface area contributed by atoms with Gasteiger partial charge in [0.15, 0.2) is 0 Å². The SMILES string of the molecule is O=C(CCOCC(F)F)Nc1nc2ccccc2[nH]1. The number of aromatic nitrogens is 2. The second-order valence-corrected chi connectivity index (χ2v) is 3.87. The maximum absolute atomic E-state index is 11.8. The number of H-pyrrole nitrogens is 1. The third-order valence-corrected chi connectivity index (χ3v) is 2.36. The Kier molecular flexibility index (Phi) is 4.40. The van der Waals surface area contributed by atoms with Gasteiger partial charge in [0.2, 0.25) is 11.9 Å². The van der Waals surface area contributed by atoms with Crippen molar-refractivity contribution in [2.45, 2.75) is 12.8 Å². The van der Waals surface area contributed by atoms with E-state index in [1.807, 2.05) is 24.3 Å². The van der Waals surface area contributed by atoms with Crippen LogP contribution >= 0.6 is 0 Å². The number of aromatic amines is 1. The van der Waals surface area contributed by atoms with Crippen LogP contribution in [0.5, 0.6) is 0 Å². The minimum Gasteiger partial charge on any atom is -0.375 e. The number of nitrogens with one attached hydrogen (secondary N) is 2. The lowest BCUT2D eigenvalue weighted by Gasteiger charge is -2.03. The van der Waals surface area contributed by atoms with Crippen molar-refractivity contribution in [3.63, 3.8) is 0 Å². The highest BCUT2D eigenvalue weighted by Crippen LogP contribution is 2.13. The maximum atomic E-state index is 11.8. The first-order valence-electron chi connectivity index (χ1n) is 5.75. The minimum atomic E-state index is -2.52. The van der Waals surface area contributed by atoms with E-state index in [0.29, 0.717) is 5.95 Å². The zero-order valence-corrected chi connectivity index (χ0v) is 10.0. The summed E-state index contributed by atoms with van der Waals surface area (Å²) < 4.78 is 28.2. The monoisotopic (exact) mass is 269 g/mol. The molecule has 0 fully saturated rings. The van der Waals surface area contributed by atoms with Gasteiger partial charge in [-0.1, -0.05) is 12.1 Å². The van der Waals surface area contributed by atoms with Gasteiger partial charge in [-0.05, 0) is 12.1 Å². The molecule has 0 aliphatic carbocycles. The number of rotatable bonds is 6. The number of halogens is 2. The lowest BCUT2D eigenvalue weighted by atomic mass is 10.3. The summed E-state index contributed by atoms with van der Waals surface area (Å²) in [5.41, 5.74) is 1.55. The third-order valence-electron chi connectivity index (χ3n) is 2.36. The fourth-order valence-corrected chi connectivity index (χ4v) is 1.54. The van der Waals surface area contributed by atoms with Crippen molar-refractivity contribution in [3.8, 4) is 0 Å². The van der Waals surface area contributed by atoms with Gasteiger partial charge in [-0.2, -0.15) is 0 Å². The van der Waals surface area contributed by atoms with Crippen LogP contribution in [0, 0.1) is 0 Å². The summed E-state index contributed by atoms with van der Waals surface area (Å²) in [7, 11) is 0. The van der Waals surface area contributed by atoms with Gasteiger partial charge in [0.1, 0.15) is 6.61 Å². The topological polar surface area (TPSA) is 67.0 Å². The standard InChI is InChI=1S/C12H13F2N3O2/c13-10(14)7-19-6-5-11(18)17-12-15-8-3-1-2-4-9(8)16-12/h1-4,10H,5-7H2,(H2,15,16,17,18). The molecule has 5 nitrogen and oxygen atoms in total. The van der Waals surface area contributed by atoms with Gasteiger partial charge in [-0.15, -0.1) is 0 Å². The van der Waals surface area contributed by atoms with E-state index in [9.17, 15) is 13.6 Å². The summed E-state index contributed by atoms with van der Waals surface area (Å²) in [4.78, 5) is 18.6. The van der Waals surface area contributed by atoms with E-state index in [-0.39, 0.29) is 18.9 Å². The molecule has 1 heterocycles. The van der Waals surface area contributed by atoms with Crippen LogP contribution in [0.3, 0.4) is 0 Å². The molecule has 2 N–H and O–H groups in total. The van der Waals surface area contributed by atoms with E-state index in [2.05, 4.69) is 20.0 Å². The molecule has 1 aromatic carbocycles. The highest BCUT2D eigenvalue weighted by atomic mass is 19.3. The zero-order chi connectivity index (χ0) is 13.7. The Bertz CT molecular complexity index is 524. The van der Waals surface area contributed by atoms with Crippen LogP contribution in [-0.4, -0.2) is 35.5 Å². The number of imidazole rings is 1. The fraction of sp³-hybridized carbons (Fsp3) is 0.333. The van der Waals surface area contributed by atoms with Crippen molar-refractivity contribution < 1.29 is 18.3 Å². The number of amides is 1. The Morgan fingerprint density at radius 3 is 2.95 bits per heavy atom. The summed E-state index contributed by atoms with van der Waals surface area (Å²) in [5, 5.41) is 2.55. The van der Waals surface area contributed by atoms with E-state index in [1.54, 1.807) is 0 Å². The van der Waals surface area contributed by atoms with Crippen molar-refractivity contribution in [3.05, 3.63) is 24.3 Å². The molecule has 2 rings (SSSR count). The van der Waals surface area contributed by atoms with E-state index in [0.717, 1.165) is 11.0 Å². The Morgan fingerprint density at radius 1 is 1.42 bits per heavy atom. The first kappa shape index (κ1) is 13.4. The second kappa shape index (κ2) is 6.24. The molecule has 7 heteroatoms. The van der Waals surface area contributed by atoms with Crippen molar-refractivity contribution in [2.75, 3.05) is 18.5 Å². The van der Waals surface area contributed by atoms with Crippen LogP contribution < -0.4 is 5.32 Å². The second-order valence-electron chi connectivity index (χ2n) is 3.87. The Hall–Kier alpha value is -2.02. The van der Waals surface area contributed by atoms with E-state index < -0.39 is 13.0 Å². The van der Waals surface area contributed by atoms with Gasteiger partial charge in [0, 0.05) is 0 Å². The molecule has 0 aliphatic heterocycles. The van der Waals surface area contributed by atoms with Crippen molar-refractivity contribution in [2.24, 2.45) is 0 Å². The summed E-state index contributed by atoms with van der Waals surface area (Å²) in [6, 6.07) is 7.34. The molecular weight excluding hydrogens is 256 g/mol. The van der Waals surface area contributed by atoms with Crippen LogP contribution in [0.15, 0.2) is 24.3 Å². The van der Waals surface area contributed by atoms with Crippen molar-refractivity contribution >= 4 is 22.9 Å². The molecule has 0 spiro atoms. The summed E-state index contributed by atoms with van der Waals surface area (Å²) >= 11 is 0. The number of ether oxygens (including phenoxy) is 1. The first-order valence-corrected chi connectivity index (χ1v) is 5.75. The van der Waals surface area contributed by atoms with Gasteiger partial charge >= 0.3 is 0 Å². The number of hydrogen-bond donors (Lipinski definition) is 2. The van der Waals surface area contributed by atoms with Gasteiger partial charge in [0.05, 0.1) is 24.1 Å². The van der Waals surface area contributed by atoms with Gasteiger partial charge in [0.25, 0.3) is 6.43 Å².